The molecule has 0 spiro atoms. The summed E-state index contributed by atoms with van der Waals surface area (Å²) in [6.45, 7) is 0. The molecule has 112 valence electrons. The molecule has 3 nitrogen and oxygen atoms in total. The highest BCUT2D eigenvalue weighted by atomic mass is 35.5. The number of nitrogens with one attached hydrogen (secondary N) is 1. The van der Waals surface area contributed by atoms with E-state index in [2.05, 4.69) is 5.32 Å². The van der Waals surface area contributed by atoms with Gasteiger partial charge in [0.25, 0.3) is 0 Å². The Balaban J connectivity index is 2.44. The highest BCUT2D eigenvalue weighted by molar-refractivity contribution is 6.31. The van der Waals surface area contributed by atoms with Crippen LogP contribution in [-0.2, 0) is 0 Å². The van der Waals surface area contributed by atoms with Gasteiger partial charge >= 0.3 is 0 Å². The lowest BCUT2D eigenvalue weighted by atomic mass is 9.98. The predicted octanol–water partition coefficient (Wildman–Crippen LogP) is 3.81. The molecule has 2 aromatic rings. The monoisotopic (exact) mass is 309 g/mol. The van der Waals surface area contributed by atoms with Crippen LogP contribution in [0.25, 0.3) is 0 Å². The molecule has 0 aliphatic rings. The summed E-state index contributed by atoms with van der Waals surface area (Å²) in [6, 6.07) is 9.75. The molecule has 0 saturated carbocycles. The van der Waals surface area contributed by atoms with Gasteiger partial charge in [0.15, 0.2) is 0 Å². The Morgan fingerprint density at radius 2 is 1.57 bits per heavy atom. The first-order chi connectivity index (χ1) is 10.1. The molecule has 21 heavy (non-hydrogen) atoms. The van der Waals surface area contributed by atoms with E-state index in [0.717, 1.165) is 5.56 Å². The van der Waals surface area contributed by atoms with E-state index >= 15 is 0 Å². The van der Waals surface area contributed by atoms with Crippen molar-refractivity contribution in [2.75, 3.05) is 21.3 Å². The Morgan fingerprint density at radius 1 is 1.00 bits per heavy atom. The lowest BCUT2D eigenvalue weighted by Gasteiger charge is -2.20. The smallest absolute Gasteiger partial charge is 0.132 e. The first kappa shape index (κ1) is 15.6. The van der Waals surface area contributed by atoms with Crippen LogP contribution < -0.4 is 14.8 Å². The van der Waals surface area contributed by atoms with Crippen LogP contribution in [0.15, 0.2) is 36.4 Å². The fourth-order valence-electron chi connectivity index (χ4n) is 2.22. The van der Waals surface area contributed by atoms with Gasteiger partial charge in [-0.1, -0.05) is 23.7 Å². The van der Waals surface area contributed by atoms with Crippen LogP contribution in [0.2, 0.25) is 5.02 Å². The molecule has 5 heteroatoms. The van der Waals surface area contributed by atoms with Gasteiger partial charge in [0.2, 0.25) is 0 Å². The molecule has 1 N–H and O–H groups in total. The van der Waals surface area contributed by atoms with Crippen LogP contribution in [0.1, 0.15) is 17.2 Å². The van der Waals surface area contributed by atoms with Crippen LogP contribution in [-0.4, -0.2) is 21.3 Å². The first-order valence-corrected chi connectivity index (χ1v) is 6.82. The Bertz CT molecular complexity index is 580. The molecule has 0 radical (unpaired) electrons. The molecular weight excluding hydrogens is 293 g/mol. The number of hydrogen-bond donors (Lipinski definition) is 1. The molecule has 0 bridgehead atoms. The Kier molecular flexibility index (Phi) is 5.04. The standard InChI is InChI=1S/C16H17ClFNO2/c1-19-16(12-6-4-10(20-2)8-14(12)17)13-7-5-11(21-3)9-15(13)18/h4-9,16,19H,1-3H3. The topological polar surface area (TPSA) is 30.5 Å². The second-order valence-electron chi connectivity index (χ2n) is 4.50. The van der Waals surface area contributed by atoms with Crippen molar-refractivity contribution in [1.82, 2.24) is 5.32 Å². The van der Waals surface area contributed by atoms with Crippen LogP contribution in [0.4, 0.5) is 4.39 Å². The van der Waals surface area contributed by atoms with Gasteiger partial charge in [0.1, 0.15) is 17.3 Å². The van der Waals surface area contributed by atoms with Crippen LogP contribution in [0.3, 0.4) is 0 Å². The summed E-state index contributed by atoms with van der Waals surface area (Å²) in [6.07, 6.45) is 0. The van der Waals surface area contributed by atoms with Crippen molar-refractivity contribution in [2.24, 2.45) is 0 Å². The molecule has 2 rings (SSSR count). The van der Waals surface area contributed by atoms with E-state index in [1.807, 2.05) is 6.07 Å². The first-order valence-electron chi connectivity index (χ1n) is 6.44. The molecule has 0 saturated heterocycles. The minimum atomic E-state index is -0.352. The summed E-state index contributed by atoms with van der Waals surface area (Å²) in [5.74, 6) is 0.793. The number of halogens is 2. The number of ether oxygens (including phenoxy) is 2. The van der Waals surface area contributed by atoms with Gasteiger partial charge in [-0.3, -0.25) is 0 Å². The van der Waals surface area contributed by atoms with Gasteiger partial charge in [-0.25, -0.2) is 4.39 Å². The van der Waals surface area contributed by atoms with E-state index in [-0.39, 0.29) is 11.9 Å². The Hall–Kier alpha value is -1.78. The third-order valence-electron chi connectivity index (χ3n) is 3.33. The predicted molar refractivity (Wildman–Crippen MR) is 81.9 cm³/mol. The maximum atomic E-state index is 14.2. The number of benzene rings is 2. The molecule has 0 aliphatic heterocycles. The van der Waals surface area contributed by atoms with E-state index < -0.39 is 0 Å². The lowest BCUT2D eigenvalue weighted by molar-refractivity contribution is 0.410. The van der Waals surface area contributed by atoms with Crippen molar-refractivity contribution < 1.29 is 13.9 Å². The summed E-state index contributed by atoms with van der Waals surface area (Å²) in [4.78, 5) is 0. The maximum Gasteiger partial charge on any atom is 0.132 e. The Labute approximate surface area is 128 Å². The average molecular weight is 310 g/mol. The van der Waals surface area contributed by atoms with Crippen LogP contribution in [0, 0.1) is 5.82 Å². The largest absolute Gasteiger partial charge is 0.497 e. The summed E-state index contributed by atoms with van der Waals surface area (Å²) in [5, 5.41) is 3.60. The Morgan fingerprint density at radius 3 is 2.05 bits per heavy atom. The summed E-state index contributed by atoms with van der Waals surface area (Å²) in [5.41, 5.74) is 1.29. The van der Waals surface area contributed by atoms with E-state index in [1.165, 1.54) is 13.2 Å². The van der Waals surface area contributed by atoms with Crippen molar-refractivity contribution in [1.29, 1.82) is 0 Å². The third-order valence-corrected chi connectivity index (χ3v) is 3.65. The van der Waals surface area contributed by atoms with Crippen molar-refractivity contribution in [3.63, 3.8) is 0 Å². The maximum absolute atomic E-state index is 14.2. The minimum Gasteiger partial charge on any atom is -0.497 e. The van der Waals surface area contributed by atoms with Gasteiger partial charge in [0, 0.05) is 16.7 Å². The van der Waals surface area contributed by atoms with Crippen LogP contribution >= 0.6 is 11.6 Å². The lowest BCUT2D eigenvalue weighted by Crippen LogP contribution is -2.19. The van der Waals surface area contributed by atoms with E-state index in [0.29, 0.717) is 22.1 Å². The average Bonchev–Trinajstić information content (AvgIpc) is 2.50. The van der Waals surface area contributed by atoms with Gasteiger partial charge in [-0.05, 0) is 30.8 Å². The molecule has 0 aromatic heterocycles. The molecule has 1 unspecified atom stereocenters. The van der Waals surface area contributed by atoms with Crippen molar-refractivity contribution >= 4 is 11.6 Å². The number of rotatable bonds is 5. The SMILES string of the molecule is CNC(c1ccc(OC)cc1F)c1ccc(OC)cc1Cl. The summed E-state index contributed by atoms with van der Waals surface area (Å²) in [7, 11) is 4.84. The van der Waals surface area contributed by atoms with Gasteiger partial charge < -0.3 is 14.8 Å². The van der Waals surface area contributed by atoms with Crippen molar-refractivity contribution in [3.8, 4) is 11.5 Å². The van der Waals surface area contributed by atoms with Crippen LogP contribution in [0.5, 0.6) is 11.5 Å². The molecule has 2 aromatic carbocycles. The molecule has 0 aliphatic carbocycles. The molecule has 1 atom stereocenters. The summed E-state index contributed by atoms with van der Waals surface area (Å²) >= 11 is 6.28. The highest BCUT2D eigenvalue weighted by Crippen LogP contribution is 2.33. The zero-order valence-electron chi connectivity index (χ0n) is 12.1. The second kappa shape index (κ2) is 6.78. The van der Waals surface area contributed by atoms with E-state index in [9.17, 15) is 4.39 Å². The fraction of sp³-hybridized carbons (Fsp3) is 0.250. The van der Waals surface area contributed by atoms with Gasteiger partial charge in [-0.15, -0.1) is 0 Å². The number of hydrogen-bond acceptors (Lipinski definition) is 3. The van der Waals surface area contributed by atoms with Gasteiger partial charge in [-0.2, -0.15) is 0 Å². The zero-order valence-corrected chi connectivity index (χ0v) is 12.9. The van der Waals surface area contributed by atoms with E-state index in [1.54, 1.807) is 38.4 Å². The molecular formula is C16H17ClFNO2. The summed E-state index contributed by atoms with van der Waals surface area (Å²) < 4.78 is 24.4. The molecule has 0 amide bonds. The van der Waals surface area contributed by atoms with E-state index in [4.69, 9.17) is 21.1 Å². The zero-order chi connectivity index (χ0) is 15.4. The molecule has 0 heterocycles. The fourth-order valence-corrected chi connectivity index (χ4v) is 2.50. The highest BCUT2D eigenvalue weighted by Gasteiger charge is 2.19. The quantitative estimate of drug-likeness (QED) is 0.911. The minimum absolute atomic E-state index is 0.347. The normalized spacial score (nSPS) is 12.0. The second-order valence-corrected chi connectivity index (χ2v) is 4.90. The van der Waals surface area contributed by atoms with Crippen molar-refractivity contribution in [3.05, 3.63) is 58.4 Å². The third kappa shape index (κ3) is 3.28. The number of methoxy groups -OCH3 is 2. The van der Waals surface area contributed by atoms with Crippen molar-refractivity contribution in [2.45, 2.75) is 6.04 Å². The van der Waals surface area contributed by atoms with Gasteiger partial charge in [0.05, 0.1) is 20.3 Å². The molecule has 0 fully saturated rings.